The van der Waals surface area contributed by atoms with Crippen molar-refractivity contribution in [3.05, 3.63) is 23.8 Å². The molecule has 1 unspecified atom stereocenters. The van der Waals surface area contributed by atoms with Crippen molar-refractivity contribution < 1.29 is 22.4 Å². The van der Waals surface area contributed by atoms with E-state index >= 15 is 0 Å². The first kappa shape index (κ1) is 15.9. The Hall–Kier alpha value is -1.15. The van der Waals surface area contributed by atoms with Gasteiger partial charge in [-0.15, -0.1) is 0 Å². The topological polar surface area (TPSA) is 79.9 Å². The molecule has 0 saturated heterocycles. The van der Waals surface area contributed by atoms with Crippen molar-refractivity contribution in [1.82, 2.24) is 5.32 Å². The number of para-hydroxylation sites is 1. The zero-order valence-electron chi connectivity index (χ0n) is 11.0. The van der Waals surface area contributed by atoms with Crippen LogP contribution in [0.2, 0.25) is 0 Å². The molecular weight excluding hydrogens is 270 g/mol. The minimum Gasteiger partial charge on any atom is -0.750 e. The monoisotopic (exact) mass is 288 g/mol. The molecule has 1 aromatic carbocycles. The Morgan fingerprint density at radius 2 is 2.11 bits per heavy atom. The smallest absolute Gasteiger partial charge is 0.165 e. The molecule has 108 valence electrons. The van der Waals surface area contributed by atoms with E-state index in [1.165, 1.54) is 0 Å². The molecule has 0 amide bonds. The van der Waals surface area contributed by atoms with E-state index in [0.29, 0.717) is 31.0 Å². The van der Waals surface area contributed by atoms with E-state index in [9.17, 15) is 8.76 Å². The highest BCUT2D eigenvalue weighted by Gasteiger charge is 2.08. The van der Waals surface area contributed by atoms with Crippen molar-refractivity contribution in [2.45, 2.75) is 13.0 Å². The molecule has 0 radical (unpaired) electrons. The molecule has 0 aliphatic heterocycles. The molecule has 0 saturated carbocycles. The van der Waals surface area contributed by atoms with Gasteiger partial charge < -0.3 is 23.5 Å². The Bertz CT molecular complexity index is 413. The van der Waals surface area contributed by atoms with Crippen LogP contribution >= 0.6 is 0 Å². The molecule has 1 N–H and O–H groups in total. The Labute approximate surface area is 115 Å². The summed E-state index contributed by atoms with van der Waals surface area (Å²) in [5.41, 5.74) is 0.982. The maximum atomic E-state index is 10.1. The molecule has 0 bridgehead atoms. The second-order valence-electron chi connectivity index (χ2n) is 3.71. The summed E-state index contributed by atoms with van der Waals surface area (Å²) < 4.78 is 35.2. The number of hydrogen-bond acceptors (Lipinski definition) is 6. The molecule has 6 nitrogen and oxygen atoms in total. The van der Waals surface area contributed by atoms with Crippen molar-refractivity contribution in [2.24, 2.45) is 0 Å². The van der Waals surface area contributed by atoms with Gasteiger partial charge in [0.05, 0.1) is 32.2 Å². The Kier molecular flexibility index (Phi) is 7.42. The van der Waals surface area contributed by atoms with Gasteiger partial charge in [0, 0.05) is 12.1 Å². The molecule has 1 aromatic rings. The highest BCUT2D eigenvalue weighted by molar-refractivity contribution is 7.74. The zero-order valence-corrected chi connectivity index (χ0v) is 11.8. The summed E-state index contributed by atoms with van der Waals surface area (Å²) in [6, 6.07) is 5.67. The summed E-state index contributed by atoms with van der Waals surface area (Å²) in [4.78, 5) is 0. The zero-order chi connectivity index (χ0) is 14.1. The van der Waals surface area contributed by atoms with Crippen LogP contribution in [0.5, 0.6) is 11.5 Å². The summed E-state index contributed by atoms with van der Waals surface area (Å²) in [5.74, 6) is 1.39. The molecule has 0 heterocycles. The van der Waals surface area contributed by atoms with Crippen LogP contribution in [0.3, 0.4) is 0 Å². The third kappa shape index (κ3) is 5.56. The molecule has 0 aliphatic rings. The average Bonchev–Trinajstić information content (AvgIpc) is 2.41. The number of ether oxygens (including phenoxy) is 2. The molecule has 1 rings (SSSR count). The van der Waals surface area contributed by atoms with Gasteiger partial charge in [-0.05, 0) is 19.0 Å². The number of hydrogen-bond donors (Lipinski definition) is 1. The fraction of sp³-hybridized carbons (Fsp3) is 0.500. The second kappa shape index (κ2) is 8.87. The van der Waals surface area contributed by atoms with Gasteiger partial charge in [-0.3, -0.25) is 0 Å². The van der Waals surface area contributed by atoms with Gasteiger partial charge in [0.2, 0.25) is 0 Å². The van der Waals surface area contributed by atoms with Crippen LogP contribution < -0.4 is 14.8 Å². The van der Waals surface area contributed by atoms with E-state index in [-0.39, 0.29) is 6.61 Å². The normalized spacial score (nSPS) is 12.2. The van der Waals surface area contributed by atoms with Crippen LogP contribution in [0.25, 0.3) is 0 Å². The highest BCUT2D eigenvalue weighted by Crippen LogP contribution is 2.30. The van der Waals surface area contributed by atoms with E-state index in [1.54, 1.807) is 14.2 Å². The first-order chi connectivity index (χ1) is 9.19. The van der Waals surface area contributed by atoms with Gasteiger partial charge in [-0.2, -0.15) is 0 Å². The van der Waals surface area contributed by atoms with Crippen LogP contribution in [0.4, 0.5) is 0 Å². The fourth-order valence-corrected chi connectivity index (χ4v) is 1.89. The SMILES string of the molecule is COc1cccc(CNCCCOS(=O)[O-])c1OC. The van der Waals surface area contributed by atoms with Gasteiger partial charge >= 0.3 is 0 Å². The lowest BCUT2D eigenvalue weighted by atomic mass is 10.2. The van der Waals surface area contributed by atoms with Crippen LogP contribution in [-0.4, -0.2) is 36.1 Å². The van der Waals surface area contributed by atoms with E-state index in [1.807, 2.05) is 18.2 Å². The van der Waals surface area contributed by atoms with Gasteiger partial charge in [-0.25, -0.2) is 4.21 Å². The summed E-state index contributed by atoms with van der Waals surface area (Å²) in [5, 5.41) is 3.18. The molecule has 1 atom stereocenters. The van der Waals surface area contributed by atoms with Crippen LogP contribution in [0.15, 0.2) is 18.2 Å². The third-order valence-corrected chi connectivity index (χ3v) is 2.84. The van der Waals surface area contributed by atoms with E-state index < -0.39 is 11.4 Å². The van der Waals surface area contributed by atoms with Crippen LogP contribution in [0.1, 0.15) is 12.0 Å². The predicted molar refractivity (Wildman–Crippen MR) is 70.7 cm³/mol. The first-order valence-corrected chi connectivity index (χ1v) is 6.82. The Balaban J connectivity index is 2.38. The molecule has 19 heavy (non-hydrogen) atoms. The maximum absolute atomic E-state index is 10.1. The summed E-state index contributed by atoms with van der Waals surface area (Å²) in [6.45, 7) is 1.44. The minimum atomic E-state index is -2.43. The first-order valence-electron chi connectivity index (χ1n) is 5.82. The number of methoxy groups -OCH3 is 2. The molecule has 0 fully saturated rings. The van der Waals surface area contributed by atoms with Crippen molar-refractivity contribution in [3.63, 3.8) is 0 Å². The molecule has 7 heteroatoms. The third-order valence-electron chi connectivity index (χ3n) is 2.48. The van der Waals surface area contributed by atoms with Crippen molar-refractivity contribution in [1.29, 1.82) is 0 Å². The number of benzene rings is 1. The van der Waals surface area contributed by atoms with Crippen molar-refractivity contribution >= 4 is 11.4 Å². The Morgan fingerprint density at radius 3 is 2.74 bits per heavy atom. The lowest BCUT2D eigenvalue weighted by Gasteiger charge is -2.13. The quantitative estimate of drug-likeness (QED) is 0.539. The Morgan fingerprint density at radius 1 is 1.32 bits per heavy atom. The lowest BCUT2D eigenvalue weighted by Crippen LogP contribution is -2.17. The molecule has 0 aromatic heterocycles. The van der Waals surface area contributed by atoms with Crippen LogP contribution in [0, 0.1) is 0 Å². The van der Waals surface area contributed by atoms with Gasteiger partial charge in [0.15, 0.2) is 11.5 Å². The molecular formula is C12H18NO5S-. The maximum Gasteiger partial charge on any atom is 0.165 e. The number of nitrogens with one attached hydrogen (secondary N) is 1. The summed E-state index contributed by atoms with van der Waals surface area (Å²) >= 11 is -2.43. The molecule has 0 aliphatic carbocycles. The summed E-state index contributed by atoms with van der Waals surface area (Å²) in [6.07, 6.45) is 0.611. The highest BCUT2D eigenvalue weighted by atomic mass is 32.2. The lowest BCUT2D eigenvalue weighted by molar-refractivity contribution is 0.293. The van der Waals surface area contributed by atoms with E-state index in [4.69, 9.17) is 9.47 Å². The van der Waals surface area contributed by atoms with Crippen LogP contribution in [-0.2, 0) is 22.1 Å². The fourth-order valence-electron chi connectivity index (χ4n) is 1.64. The van der Waals surface area contributed by atoms with Gasteiger partial charge in [0.25, 0.3) is 0 Å². The second-order valence-corrected chi connectivity index (χ2v) is 4.35. The van der Waals surface area contributed by atoms with Crippen molar-refractivity contribution in [2.75, 3.05) is 27.4 Å². The largest absolute Gasteiger partial charge is 0.750 e. The standard InChI is InChI=1S/C12H19NO5S/c1-16-11-6-3-5-10(12(11)17-2)9-13-7-4-8-18-19(14)15/h3,5-6,13H,4,7-9H2,1-2H3,(H,14,15)/p-1. The summed E-state index contributed by atoms with van der Waals surface area (Å²) in [7, 11) is 3.19. The van der Waals surface area contributed by atoms with Crippen molar-refractivity contribution in [3.8, 4) is 11.5 Å². The number of rotatable bonds is 9. The van der Waals surface area contributed by atoms with Gasteiger partial charge in [-0.1, -0.05) is 12.1 Å². The van der Waals surface area contributed by atoms with E-state index in [0.717, 1.165) is 5.56 Å². The minimum absolute atomic E-state index is 0.179. The van der Waals surface area contributed by atoms with E-state index in [2.05, 4.69) is 9.50 Å². The van der Waals surface area contributed by atoms with Gasteiger partial charge in [0.1, 0.15) is 0 Å². The predicted octanol–water partition coefficient (Wildman–Crippen LogP) is 0.994. The average molecular weight is 288 g/mol. The molecule has 0 spiro atoms.